The van der Waals surface area contributed by atoms with Gasteiger partial charge in [-0.2, -0.15) is 0 Å². The maximum absolute atomic E-state index is 6.17. The zero-order chi connectivity index (χ0) is 12.1. The van der Waals surface area contributed by atoms with E-state index in [0.717, 1.165) is 36.7 Å². The van der Waals surface area contributed by atoms with Crippen molar-refractivity contribution < 1.29 is 0 Å². The molecule has 0 bridgehead atoms. The predicted molar refractivity (Wildman–Crippen MR) is 69.6 cm³/mol. The lowest BCUT2D eigenvalue weighted by Gasteiger charge is -2.10. The number of nitrogens with two attached hydrogens (primary N) is 1. The molecule has 0 amide bonds. The Labute approximate surface area is 99.1 Å². The van der Waals surface area contributed by atoms with E-state index < -0.39 is 0 Å². The molecule has 3 nitrogen and oxygen atoms in total. The Morgan fingerprint density at radius 3 is 2.44 bits per heavy atom. The number of aromatic nitrogens is 2. The van der Waals surface area contributed by atoms with Gasteiger partial charge < -0.3 is 10.3 Å². The molecule has 16 heavy (non-hydrogen) atoms. The Bertz CT molecular complexity index is 326. The molecule has 0 spiro atoms. The molecule has 2 N–H and O–H groups in total. The second-order valence-corrected chi connectivity index (χ2v) is 4.71. The van der Waals surface area contributed by atoms with Crippen LogP contribution < -0.4 is 5.73 Å². The summed E-state index contributed by atoms with van der Waals surface area (Å²) in [5.41, 5.74) is 7.27. The quantitative estimate of drug-likeness (QED) is 0.803. The van der Waals surface area contributed by atoms with Crippen LogP contribution in [0.3, 0.4) is 0 Å². The Morgan fingerprint density at radius 1 is 1.25 bits per heavy atom. The van der Waals surface area contributed by atoms with E-state index in [1.165, 1.54) is 12.8 Å². The van der Waals surface area contributed by atoms with E-state index in [4.69, 9.17) is 10.7 Å². The van der Waals surface area contributed by atoms with Crippen molar-refractivity contribution in [2.75, 3.05) is 5.73 Å². The lowest BCUT2D eigenvalue weighted by Crippen LogP contribution is -2.08. The summed E-state index contributed by atoms with van der Waals surface area (Å²) in [6.07, 6.45) is 4.48. The summed E-state index contributed by atoms with van der Waals surface area (Å²) < 4.78 is 2.19. The van der Waals surface area contributed by atoms with Gasteiger partial charge in [0, 0.05) is 12.5 Å². The van der Waals surface area contributed by atoms with Crippen molar-refractivity contribution in [3.63, 3.8) is 0 Å². The number of hydrogen-bond acceptors (Lipinski definition) is 2. The zero-order valence-electron chi connectivity index (χ0n) is 11.1. The van der Waals surface area contributed by atoms with Crippen LogP contribution in [0.1, 0.15) is 64.4 Å². The lowest BCUT2D eigenvalue weighted by atomic mass is 10.2. The molecule has 0 atom stereocenters. The van der Waals surface area contributed by atoms with Crippen molar-refractivity contribution in [2.24, 2.45) is 0 Å². The largest absolute Gasteiger partial charge is 0.384 e. The van der Waals surface area contributed by atoms with Crippen LogP contribution in [0.25, 0.3) is 0 Å². The fourth-order valence-corrected chi connectivity index (χ4v) is 1.96. The number of nitrogen functional groups attached to an aromatic ring is 1. The number of imidazole rings is 1. The molecule has 0 saturated carbocycles. The average molecular weight is 223 g/mol. The molecule has 3 heteroatoms. The van der Waals surface area contributed by atoms with Gasteiger partial charge in [0.05, 0.1) is 5.69 Å². The normalized spacial score (nSPS) is 11.3. The molecule has 0 aliphatic heterocycles. The molecule has 1 heterocycles. The van der Waals surface area contributed by atoms with E-state index in [0.29, 0.717) is 5.92 Å². The number of anilines is 1. The van der Waals surface area contributed by atoms with Gasteiger partial charge in [0.25, 0.3) is 0 Å². The number of hydrogen-bond donors (Lipinski definition) is 1. The second kappa shape index (κ2) is 5.92. The Kier molecular flexibility index (Phi) is 4.84. The second-order valence-electron chi connectivity index (χ2n) is 4.71. The van der Waals surface area contributed by atoms with Crippen molar-refractivity contribution in [3.05, 3.63) is 11.5 Å². The van der Waals surface area contributed by atoms with E-state index in [1.807, 2.05) is 0 Å². The Hall–Kier alpha value is -0.990. The summed E-state index contributed by atoms with van der Waals surface area (Å²) in [5, 5.41) is 0. The predicted octanol–water partition coefficient (Wildman–Crippen LogP) is 3.34. The Morgan fingerprint density at radius 2 is 1.94 bits per heavy atom. The van der Waals surface area contributed by atoms with Crippen LogP contribution in [-0.2, 0) is 13.0 Å². The molecule has 1 rings (SSSR count). The van der Waals surface area contributed by atoms with Gasteiger partial charge >= 0.3 is 0 Å². The highest BCUT2D eigenvalue weighted by atomic mass is 15.1. The third-order valence-corrected chi connectivity index (χ3v) is 2.84. The molecule has 1 aromatic heterocycles. The Balaban J connectivity index is 2.98. The summed E-state index contributed by atoms with van der Waals surface area (Å²) in [6, 6.07) is 0. The maximum Gasteiger partial charge on any atom is 0.126 e. The van der Waals surface area contributed by atoms with Crippen molar-refractivity contribution in [2.45, 2.75) is 65.8 Å². The van der Waals surface area contributed by atoms with Crippen LogP contribution in [0.5, 0.6) is 0 Å². The fraction of sp³-hybridized carbons (Fsp3) is 0.769. The van der Waals surface area contributed by atoms with Crippen molar-refractivity contribution in [1.29, 1.82) is 0 Å². The monoisotopic (exact) mass is 223 g/mol. The summed E-state index contributed by atoms with van der Waals surface area (Å²) >= 11 is 0. The molecule has 0 aromatic carbocycles. The van der Waals surface area contributed by atoms with Crippen LogP contribution in [0.4, 0.5) is 5.82 Å². The molecule has 0 unspecified atom stereocenters. The first-order chi connectivity index (χ1) is 7.61. The lowest BCUT2D eigenvalue weighted by molar-refractivity contribution is 0.616. The van der Waals surface area contributed by atoms with Gasteiger partial charge in [-0.1, -0.05) is 34.1 Å². The highest BCUT2D eigenvalue weighted by molar-refractivity contribution is 5.39. The summed E-state index contributed by atoms with van der Waals surface area (Å²) in [7, 11) is 0. The number of aryl methyl sites for hydroxylation is 1. The first-order valence-electron chi connectivity index (χ1n) is 6.46. The SMILES string of the molecule is CCCCc1nc(C(C)C)n(CCC)c1N. The average Bonchev–Trinajstić information content (AvgIpc) is 2.55. The van der Waals surface area contributed by atoms with E-state index in [1.54, 1.807) is 0 Å². The maximum atomic E-state index is 6.17. The van der Waals surface area contributed by atoms with E-state index in [2.05, 4.69) is 32.3 Å². The van der Waals surface area contributed by atoms with E-state index in [9.17, 15) is 0 Å². The van der Waals surface area contributed by atoms with Crippen molar-refractivity contribution >= 4 is 5.82 Å². The molecule has 0 saturated heterocycles. The van der Waals surface area contributed by atoms with Crippen LogP contribution in [0.2, 0.25) is 0 Å². The van der Waals surface area contributed by atoms with Crippen molar-refractivity contribution in [3.8, 4) is 0 Å². The fourth-order valence-electron chi connectivity index (χ4n) is 1.96. The molecule has 1 aromatic rings. The van der Waals surface area contributed by atoms with E-state index in [-0.39, 0.29) is 0 Å². The first-order valence-corrected chi connectivity index (χ1v) is 6.46. The zero-order valence-corrected chi connectivity index (χ0v) is 11.1. The van der Waals surface area contributed by atoms with Gasteiger partial charge in [-0.3, -0.25) is 0 Å². The van der Waals surface area contributed by atoms with Gasteiger partial charge in [-0.05, 0) is 19.3 Å². The van der Waals surface area contributed by atoms with Crippen molar-refractivity contribution in [1.82, 2.24) is 9.55 Å². The van der Waals surface area contributed by atoms with Crippen LogP contribution in [0.15, 0.2) is 0 Å². The minimum Gasteiger partial charge on any atom is -0.384 e. The van der Waals surface area contributed by atoms with Gasteiger partial charge in [-0.25, -0.2) is 4.98 Å². The van der Waals surface area contributed by atoms with E-state index >= 15 is 0 Å². The molecular formula is C13H25N3. The van der Waals surface area contributed by atoms with Crippen LogP contribution in [-0.4, -0.2) is 9.55 Å². The molecule has 0 aliphatic rings. The molecule has 0 aliphatic carbocycles. The molecular weight excluding hydrogens is 198 g/mol. The molecule has 92 valence electrons. The molecule has 0 radical (unpaired) electrons. The van der Waals surface area contributed by atoms with Crippen LogP contribution >= 0.6 is 0 Å². The smallest absolute Gasteiger partial charge is 0.126 e. The van der Waals surface area contributed by atoms with Gasteiger partial charge in [0.2, 0.25) is 0 Å². The van der Waals surface area contributed by atoms with Gasteiger partial charge in [-0.15, -0.1) is 0 Å². The van der Waals surface area contributed by atoms with Crippen LogP contribution in [0, 0.1) is 0 Å². The number of nitrogens with zero attached hydrogens (tertiary/aromatic N) is 2. The number of rotatable bonds is 6. The summed E-state index contributed by atoms with van der Waals surface area (Å²) in [5.74, 6) is 2.48. The van der Waals surface area contributed by atoms with Gasteiger partial charge in [0.15, 0.2) is 0 Å². The minimum absolute atomic E-state index is 0.448. The highest BCUT2D eigenvalue weighted by Gasteiger charge is 2.15. The standard InChI is InChI=1S/C13H25N3/c1-5-7-8-11-12(14)16(9-6-2)13(15-11)10(3)4/h10H,5-9,14H2,1-4H3. The molecule has 0 fully saturated rings. The highest BCUT2D eigenvalue weighted by Crippen LogP contribution is 2.22. The summed E-state index contributed by atoms with van der Waals surface area (Å²) in [4.78, 5) is 4.70. The van der Waals surface area contributed by atoms with Gasteiger partial charge in [0.1, 0.15) is 11.6 Å². The first kappa shape index (κ1) is 13.1. The number of unbranched alkanes of at least 4 members (excludes halogenated alkanes) is 1. The topological polar surface area (TPSA) is 43.8 Å². The summed E-state index contributed by atoms with van der Waals surface area (Å²) in [6.45, 7) is 9.71. The third kappa shape index (κ3) is 2.77. The minimum atomic E-state index is 0.448. The third-order valence-electron chi connectivity index (χ3n) is 2.84.